The van der Waals surface area contributed by atoms with Crippen LogP contribution in [0.1, 0.15) is 24.8 Å². The SMILES string of the molecule is CC(CC(=O)O)c1ccc(NC(=O)Cn2ccnn2)cc1. The predicted octanol–water partition coefficient (Wildman–Crippen LogP) is 1.49. The average Bonchev–Trinajstić information content (AvgIpc) is 2.91. The zero-order valence-corrected chi connectivity index (χ0v) is 11.6. The predicted molar refractivity (Wildman–Crippen MR) is 75.8 cm³/mol. The van der Waals surface area contributed by atoms with Crippen LogP contribution < -0.4 is 5.32 Å². The first-order valence-electron chi connectivity index (χ1n) is 6.50. The number of hydrogen-bond acceptors (Lipinski definition) is 4. The summed E-state index contributed by atoms with van der Waals surface area (Å²) in [6.45, 7) is 1.95. The molecule has 1 unspecified atom stereocenters. The van der Waals surface area contributed by atoms with Crippen molar-refractivity contribution in [3.63, 3.8) is 0 Å². The fraction of sp³-hybridized carbons (Fsp3) is 0.286. The van der Waals surface area contributed by atoms with E-state index in [1.165, 1.54) is 10.9 Å². The number of hydrogen-bond donors (Lipinski definition) is 2. The lowest BCUT2D eigenvalue weighted by Crippen LogP contribution is -2.19. The maximum absolute atomic E-state index is 11.8. The zero-order chi connectivity index (χ0) is 15.2. The van der Waals surface area contributed by atoms with E-state index in [-0.39, 0.29) is 24.8 Å². The Kier molecular flexibility index (Phi) is 4.65. The Morgan fingerprint density at radius 3 is 2.62 bits per heavy atom. The van der Waals surface area contributed by atoms with Gasteiger partial charge < -0.3 is 10.4 Å². The molecule has 7 heteroatoms. The average molecular weight is 288 g/mol. The van der Waals surface area contributed by atoms with Gasteiger partial charge in [-0.2, -0.15) is 0 Å². The van der Waals surface area contributed by atoms with Crippen LogP contribution in [0.15, 0.2) is 36.7 Å². The normalized spacial score (nSPS) is 11.9. The minimum absolute atomic E-state index is 0.0672. The molecule has 0 spiro atoms. The Balaban J connectivity index is 1.92. The monoisotopic (exact) mass is 288 g/mol. The molecule has 21 heavy (non-hydrogen) atoms. The van der Waals surface area contributed by atoms with Crippen LogP contribution in [0.4, 0.5) is 5.69 Å². The van der Waals surface area contributed by atoms with Crippen molar-refractivity contribution in [1.82, 2.24) is 15.0 Å². The molecule has 0 aliphatic heterocycles. The second-order valence-electron chi connectivity index (χ2n) is 4.77. The highest BCUT2D eigenvalue weighted by Gasteiger charge is 2.10. The van der Waals surface area contributed by atoms with Gasteiger partial charge in [0.25, 0.3) is 0 Å². The fourth-order valence-electron chi connectivity index (χ4n) is 1.94. The molecule has 7 nitrogen and oxygen atoms in total. The van der Waals surface area contributed by atoms with E-state index in [2.05, 4.69) is 15.6 Å². The van der Waals surface area contributed by atoms with Crippen molar-refractivity contribution in [3.05, 3.63) is 42.2 Å². The van der Waals surface area contributed by atoms with E-state index in [9.17, 15) is 9.59 Å². The molecule has 0 radical (unpaired) electrons. The number of carboxylic acid groups (broad SMARTS) is 1. The maximum atomic E-state index is 11.8. The van der Waals surface area contributed by atoms with Crippen LogP contribution in [0.5, 0.6) is 0 Å². The van der Waals surface area contributed by atoms with Crippen LogP contribution in [0.2, 0.25) is 0 Å². The van der Waals surface area contributed by atoms with Gasteiger partial charge in [0.2, 0.25) is 5.91 Å². The van der Waals surface area contributed by atoms with Gasteiger partial charge in [0.1, 0.15) is 6.54 Å². The van der Waals surface area contributed by atoms with Crippen LogP contribution >= 0.6 is 0 Å². The van der Waals surface area contributed by atoms with Crippen LogP contribution in [0.3, 0.4) is 0 Å². The third kappa shape index (κ3) is 4.41. The lowest BCUT2D eigenvalue weighted by atomic mass is 9.98. The Hall–Kier alpha value is -2.70. The first-order valence-corrected chi connectivity index (χ1v) is 6.50. The standard InChI is InChI=1S/C14H16N4O3/c1-10(8-14(20)21)11-2-4-12(5-3-11)16-13(19)9-18-7-6-15-17-18/h2-7,10H,8-9H2,1H3,(H,16,19)(H,20,21). The number of aliphatic carboxylic acids is 1. The van der Waals surface area contributed by atoms with Crippen LogP contribution in [-0.2, 0) is 16.1 Å². The third-order valence-corrected chi connectivity index (χ3v) is 3.02. The molecule has 1 atom stereocenters. The molecule has 0 saturated carbocycles. The number of rotatable bonds is 6. The number of nitrogens with zero attached hydrogens (tertiary/aromatic N) is 3. The van der Waals surface area contributed by atoms with E-state index in [0.29, 0.717) is 5.69 Å². The van der Waals surface area contributed by atoms with Crippen molar-refractivity contribution < 1.29 is 14.7 Å². The molecule has 1 aromatic heterocycles. The summed E-state index contributed by atoms with van der Waals surface area (Å²) >= 11 is 0. The number of anilines is 1. The molecule has 2 aromatic rings. The van der Waals surface area contributed by atoms with E-state index in [1.807, 2.05) is 19.1 Å². The lowest BCUT2D eigenvalue weighted by Gasteiger charge is -2.10. The number of carbonyl (C=O) groups is 2. The van der Waals surface area contributed by atoms with Crippen molar-refractivity contribution in [1.29, 1.82) is 0 Å². The van der Waals surface area contributed by atoms with E-state index in [4.69, 9.17) is 5.11 Å². The van der Waals surface area contributed by atoms with E-state index >= 15 is 0 Å². The number of aromatic nitrogens is 3. The fourth-order valence-corrected chi connectivity index (χ4v) is 1.94. The molecule has 1 amide bonds. The number of benzene rings is 1. The van der Waals surface area contributed by atoms with Gasteiger partial charge in [0.15, 0.2) is 0 Å². The maximum Gasteiger partial charge on any atom is 0.303 e. The summed E-state index contributed by atoms with van der Waals surface area (Å²) in [5.41, 5.74) is 1.58. The number of amides is 1. The Morgan fingerprint density at radius 2 is 2.05 bits per heavy atom. The molecule has 0 aliphatic rings. The van der Waals surface area contributed by atoms with Crippen molar-refractivity contribution in [2.75, 3.05) is 5.32 Å². The molecule has 2 N–H and O–H groups in total. The van der Waals surface area contributed by atoms with E-state index in [0.717, 1.165) is 5.56 Å². The molecule has 1 heterocycles. The summed E-state index contributed by atoms with van der Waals surface area (Å²) in [5.74, 6) is -1.10. The summed E-state index contributed by atoms with van der Waals surface area (Å²) < 4.78 is 1.43. The molecule has 110 valence electrons. The van der Waals surface area contributed by atoms with Crippen molar-refractivity contribution in [3.8, 4) is 0 Å². The summed E-state index contributed by atoms with van der Waals surface area (Å²) in [5, 5.41) is 18.8. The zero-order valence-electron chi connectivity index (χ0n) is 11.6. The lowest BCUT2D eigenvalue weighted by molar-refractivity contribution is -0.137. The highest BCUT2D eigenvalue weighted by atomic mass is 16.4. The van der Waals surface area contributed by atoms with Gasteiger partial charge in [-0.3, -0.25) is 9.59 Å². The summed E-state index contributed by atoms with van der Waals surface area (Å²) in [4.78, 5) is 22.4. The quantitative estimate of drug-likeness (QED) is 0.839. The van der Waals surface area contributed by atoms with Crippen LogP contribution in [0, 0.1) is 0 Å². The Labute approximate surface area is 121 Å². The van der Waals surface area contributed by atoms with Crippen molar-refractivity contribution in [2.45, 2.75) is 25.8 Å². The number of carboxylic acids is 1. The van der Waals surface area contributed by atoms with Gasteiger partial charge in [-0.1, -0.05) is 24.3 Å². The molecule has 0 aliphatic carbocycles. The second-order valence-corrected chi connectivity index (χ2v) is 4.77. The third-order valence-electron chi connectivity index (χ3n) is 3.02. The van der Waals surface area contributed by atoms with E-state index < -0.39 is 5.97 Å². The Morgan fingerprint density at radius 1 is 1.33 bits per heavy atom. The number of carbonyl (C=O) groups excluding carboxylic acids is 1. The molecule has 1 aromatic carbocycles. The van der Waals surface area contributed by atoms with Crippen LogP contribution in [0.25, 0.3) is 0 Å². The van der Waals surface area contributed by atoms with Crippen LogP contribution in [-0.4, -0.2) is 32.0 Å². The van der Waals surface area contributed by atoms with Crippen molar-refractivity contribution >= 4 is 17.6 Å². The molecule has 0 bridgehead atoms. The molecular weight excluding hydrogens is 272 g/mol. The first-order chi connectivity index (χ1) is 10.0. The van der Waals surface area contributed by atoms with Gasteiger partial charge in [0.05, 0.1) is 12.6 Å². The minimum Gasteiger partial charge on any atom is -0.481 e. The Bertz CT molecular complexity index is 608. The topological polar surface area (TPSA) is 97.1 Å². The summed E-state index contributed by atoms with van der Waals surface area (Å²) in [6.07, 6.45) is 3.19. The largest absolute Gasteiger partial charge is 0.481 e. The van der Waals surface area contributed by atoms with Gasteiger partial charge in [-0.15, -0.1) is 5.10 Å². The molecule has 2 rings (SSSR count). The summed E-state index contributed by atoms with van der Waals surface area (Å²) in [6, 6.07) is 7.15. The highest BCUT2D eigenvalue weighted by Crippen LogP contribution is 2.20. The second kappa shape index (κ2) is 6.65. The number of nitrogens with one attached hydrogen (secondary N) is 1. The minimum atomic E-state index is -0.826. The molecule has 0 fully saturated rings. The van der Waals surface area contributed by atoms with Gasteiger partial charge in [0, 0.05) is 11.9 Å². The van der Waals surface area contributed by atoms with Crippen molar-refractivity contribution in [2.24, 2.45) is 0 Å². The highest BCUT2D eigenvalue weighted by molar-refractivity contribution is 5.90. The van der Waals surface area contributed by atoms with Gasteiger partial charge in [-0.25, -0.2) is 4.68 Å². The molecular formula is C14H16N4O3. The van der Waals surface area contributed by atoms with Gasteiger partial charge >= 0.3 is 5.97 Å². The smallest absolute Gasteiger partial charge is 0.303 e. The van der Waals surface area contributed by atoms with E-state index in [1.54, 1.807) is 18.3 Å². The first kappa shape index (κ1) is 14.7. The summed E-state index contributed by atoms with van der Waals surface area (Å²) in [7, 11) is 0. The van der Waals surface area contributed by atoms with Gasteiger partial charge in [-0.05, 0) is 23.6 Å². The molecule has 0 saturated heterocycles.